The maximum Gasteiger partial charge on any atom is 0.204 e. The van der Waals surface area contributed by atoms with Crippen LogP contribution in [0, 0.1) is 18.4 Å². The molecule has 0 bridgehead atoms. The van der Waals surface area contributed by atoms with Crippen molar-refractivity contribution in [3.8, 4) is 6.19 Å². The predicted octanol–water partition coefficient (Wildman–Crippen LogP) is 0.767. The maximum absolute atomic E-state index is 8.49. The molecule has 6 nitrogen and oxygen atoms in total. The average Bonchev–Trinajstić information content (AvgIpc) is 2.75. The van der Waals surface area contributed by atoms with Gasteiger partial charge in [0.1, 0.15) is 4.08 Å². The summed E-state index contributed by atoms with van der Waals surface area (Å²) in [6.07, 6.45) is 4.05. The van der Waals surface area contributed by atoms with Crippen LogP contribution in [0.4, 0.5) is 0 Å². The molecule has 1 aromatic rings. The first-order valence-electron chi connectivity index (χ1n) is 5.32. The van der Waals surface area contributed by atoms with Crippen molar-refractivity contribution in [1.82, 2.24) is 20.6 Å². The fourth-order valence-electron chi connectivity index (χ4n) is 1.47. The third-order valence-electron chi connectivity index (χ3n) is 2.37. The van der Waals surface area contributed by atoms with Gasteiger partial charge in [0.15, 0.2) is 6.19 Å². The van der Waals surface area contributed by atoms with Crippen molar-refractivity contribution in [1.29, 1.82) is 5.26 Å². The summed E-state index contributed by atoms with van der Waals surface area (Å²) < 4.78 is -0.636. The van der Waals surface area contributed by atoms with E-state index in [9.17, 15) is 0 Å². The number of aromatic amines is 1. The molecule has 0 unspecified atom stereocenters. The zero-order chi connectivity index (χ0) is 13.6. The lowest BCUT2D eigenvalue weighted by Gasteiger charge is -2.21. The van der Waals surface area contributed by atoms with E-state index in [0.717, 1.165) is 11.4 Å². The Kier molecular flexibility index (Phi) is 5.37. The topological polar surface area (TPSA) is 88.9 Å². The number of H-pyrrole nitrogens is 1. The van der Waals surface area contributed by atoms with Crippen LogP contribution in [0.2, 0.25) is 0 Å². The molecule has 0 saturated carbocycles. The molecule has 1 aromatic heterocycles. The van der Waals surface area contributed by atoms with E-state index in [-0.39, 0.29) is 0 Å². The first kappa shape index (κ1) is 14.7. The van der Waals surface area contributed by atoms with Gasteiger partial charge in [0.2, 0.25) is 5.96 Å². The number of nitriles is 1. The van der Waals surface area contributed by atoms with Crippen molar-refractivity contribution in [2.45, 2.75) is 17.4 Å². The van der Waals surface area contributed by atoms with E-state index in [0.29, 0.717) is 18.9 Å². The summed E-state index contributed by atoms with van der Waals surface area (Å²) in [7, 11) is 1.60. The Morgan fingerprint density at radius 1 is 1.67 bits per heavy atom. The number of aryl methyl sites for hydroxylation is 1. The smallest absolute Gasteiger partial charge is 0.204 e. The van der Waals surface area contributed by atoms with Crippen LogP contribution in [0.5, 0.6) is 0 Å². The van der Waals surface area contributed by atoms with Gasteiger partial charge in [-0.1, -0.05) is 0 Å². The van der Waals surface area contributed by atoms with Gasteiger partial charge in [0.25, 0.3) is 0 Å². The molecule has 0 saturated heterocycles. The van der Waals surface area contributed by atoms with Gasteiger partial charge in [-0.2, -0.15) is 30.5 Å². The number of aromatic nitrogens is 2. The van der Waals surface area contributed by atoms with Gasteiger partial charge in [0.05, 0.1) is 12.0 Å². The quantitative estimate of drug-likeness (QED) is 0.141. The Balaban J connectivity index is 2.53. The van der Waals surface area contributed by atoms with E-state index in [4.69, 9.17) is 5.26 Å². The first-order valence-corrected chi connectivity index (χ1v) is 6.21. The van der Waals surface area contributed by atoms with Gasteiger partial charge < -0.3 is 10.3 Å². The van der Waals surface area contributed by atoms with Gasteiger partial charge >= 0.3 is 0 Å². The lowest BCUT2D eigenvalue weighted by Crippen LogP contribution is -2.36. The molecule has 18 heavy (non-hydrogen) atoms. The molecular weight excluding hydrogens is 268 g/mol. The normalized spacial score (nSPS) is 12.1. The minimum absolute atomic E-state index is 0.425. The average molecular weight is 284 g/mol. The zero-order valence-electron chi connectivity index (χ0n) is 10.2. The highest BCUT2D eigenvalue weighted by atomic mass is 32.2. The van der Waals surface area contributed by atoms with Crippen molar-refractivity contribution in [2.75, 3.05) is 13.6 Å². The molecular formula is C10H16N6S2. The minimum atomic E-state index is -0.636. The van der Waals surface area contributed by atoms with Crippen LogP contribution < -0.4 is 10.6 Å². The number of imidazole rings is 1. The second kappa shape index (κ2) is 6.56. The van der Waals surface area contributed by atoms with Crippen LogP contribution in [0.15, 0.2) is 11.3 Å². The molecule has 98 valence electrons. The molecule has 0 aliphatic carbocycles. The Bertz CT molecular complexity index is 459. The van der Waals surface area contributed by atoms with E-state index in [1.54, 1.807) is 19.6 Å². The molecule has 0 aliphatic heterocycles. The van der Waals surface area contributed by atoms with Gasteiger partial charge in [-0.05, 0) is 13.3 Å². The van der Waals surface area contributed by atoms with Crippen molar-refractivity contribution in [3.05, 3.63) is 17.7 Å². The van der Waals surface area contributed by atoms with Gasteiger partial charge in [-0.25, -0.2) is 4.98 Å². The summed E-state index contributed by atoms with van der Waals surface area (Å²) in [6, 6.07) is 0. The predicted molar refractivity (Wildman–Crippen MR) is 77.7 cm³/mol. The number of nitrogens with one attached hydrogen (secondary N) is 3. The number of hydrogen-bond acceptors (Lipinski definition) is 5. The van der Waals surface area contributed by atoms with Crippen molar-refractivity contribution in [3.63, 3.8) is 0 Å². The molecule has 0 spiro atoms. The lowest BCUT2D eigenvalue weighted by atomic mass is 10.2. The molecule has 1 heterocycles. The van der Waals surface area contributed by atoms with E-state index >= 15 is 0 Å². The summed E-state index contributed by atoms with van der Waals surface area (Å²) in [5, 5.41) is 13.9. The largest absolute Gasteiger partial charge is 0.355 e. The minimum Gasteiger partial charge on any atom is -0.355 e. The zero-order valence-corrected chi connectivity index (χ0v) is 12.0. The summed E-state index contributed by atoms with van der Waals surface area (Å²) in [4.78, 5) is 11.1. The van der Waals surface area contributed by atoms with Crippen molar-refractivity contribution < 1.29 is 0 Å². The highest BCUT2D eigenvalue weighted by molar-refractivity contribution is 7.99. The molecule has 0 aromatic carbocycles. The lowest BCUT2D eigenvalue weighted by molar-refractivity contribution is 0.707. The van der Waals surface area contributed by atoms with E-state index in [1.807, 2.05) is 6.92 Å². The van der Waals surface area contributed by atoms with Crippen LogP contribution in [0.25, 0.3) is 0 Å². The van der Waals surface area contributed by atoms with Gasteiger partial charge in [0, 0.05) is 19.3 Å². The van der Waals surface area contributed by atoms with Crippen molar-refractivity contribution >= 4 is 31.2 Å². The van der Waals surface area contributed by atoms with Gasteiger partial charge in [-0.3, -0.25) is 10.3 Å². The van der Waals surface area contributed by atoms with Crippen LogP contribution >= 0.6 is 25.3 Å². The monoisotopic (exact) mass is 284 g/mol. The molecule has 0 amide bonds. The number of rotatable bonds is 4. The van der Waals surface area contributed by atoms with Gasteiger partial charge in [-0.15, -0.1) is 0 Å². The molecule has 0 atom stereocenters. The number of thiol groups is 2. The number of nitrogens with zero attached hydrogens (tertiary/aromatic N) is 3. The summed E-state index contributed by atoms with van der Waals surface area (Å²) in [5.74, 6) is 0.425. The molecule has 0 aliphatic rings. The fraction of sp³-hybridized carbons (Fsp3) is 0.500. The van der Waals surface area contributed by atoms with E-state index < -0.39 is 4.08 Å². The van der Waals surface area contributed by atoms with E-state index in [1.165, 1.54) is 0 Å². The molecule has 1 rings (SSSR count). The number of aliphatic imine (C=N–C) groups is 1. The standard InChI is InChI=1S/C10H16N6S2/c1-7-8(16-6-15-7)10(17,18)3-4-13-9(12-2)14-5-11/h6,17-18H,3-4H2,1-2H3,(H,15,16)(H2,12,13,14). The maximum atomic E-state index is 8.49. The molecule has 3 N–H and O–H groups in total. The second-order valence-electron chi connectivity index (χ2n) is 3.68. The van der Waals surface area contributed by atoms with Crippen LogP contribution in [-0.4, -0.2) is 29.5 Å². The third-order valence-corrected chi connectivity index (χ3v) is 3.24. The SMILES string of the molecule is CN=C(NC#N)NCCC(S)(S)c1nc[nH]c1C. The number of hydrogen-bond donors (Lipinski definition) is 5. The molecule has 0 fully saturated rings. The van der Waals surface area contributed by atoms with Crippen molar-refractivity contribution in [2.24, 2.45) is 4.99 Å². The van der Waals surface area contributed by atoms with E-state index in [2.05, 4.69) is 50.9 Å². The summed E-state index contributed by atoms with van der Waals surface area (Å²) in [6.45, 7) is 2.49. The molecule has 8 heteroatoms. The highest BCUT2D eigenvalue weighted by Gasteiger charge is 2.27. The Labute approximate surface area is 117 Å². The van der Waals surface area contributed by atoms with Crippen LogP contribution in [0.3, 0.4) is 0 Å². The molecule has 0 radical (unpaired) electrons. The summed E-state index contributed by atoms with van der Waals surface area (Å²) in [5.41, 5.74) is 1.75. The van der Waals surface area contributed by atoms with Crippen LogP contribution in [0.1, 0.15) is 17.8 Å². The fourth-order valence-corrected chi connectivity index (χ4v) is 2.14. The number of guanidine groups is 1. The first-order chi connectivity index (χ1) is 8.51. The summed E-state index contributed by atoms with van der Waals surface area (Å²) >= 11 is 9.02. The second-order valence-corrected chi connectivity index (χ2v) is 5.56. The van der Waals surface area contributed by atoms with Crippen LogP contribution in [-0.2, 0) is 4.08 Å². The Morgan fingerprint density at radius 3 is 2.89 bits per heavy atom. The Hall–Kier alpha value is -1.33. The highest BCUT2D eigenvalue weighted by Crippen LogP contribution is 2.35. The third kappa shape index (κ3) is 3.85. The Morgan fingerprint density at radius 2 is 2.39 bits per heavy atom.